The zero-order chi connectivity index (χ0) is 14.9. The van der Waals surface area contributed by atoms with E-state index < -0.39 is 26.8 Å². The van der Waals surface area contributed by atoms with E-state index in [1.54, 1.807) is 0 Å². The van der Waals surface area contributed by atoms with Crippen molar-refractivity contribution >= 4 is 31.6 Å². The zero-order valence-electron chi connectivity index (χ0n) is 10.7. The number of nitrogens with two attached hydrogens (primary N) is 1. The summed E-state index contributed by atoms with van der Waals surface area (Å²) in [6.07, 6.45) is 2.11. The van der Waals surface area contributed by atoms with E-state index in [0.29, 0.717) is 12.8 Å². The van der Waals surface area contributed by atoms with E-state index in [-0.39, 0.29) is 23.3 Å². The number of hydrogen-bond donors (Lipinski definition) is 2. The average molecular weight is 367 g/mol. The van der Waals surface area contributed by atoms with Gasteiger partial charge in [0.05, 0.1) is 11.1 Å². The molecule has 112 valence electrons. The number of rotatable bonds is 3. The monoisotopic (exact) mass is 366 g/mol. The molecule has 1 heterocycles. The SMILES string of the molecule is Nc1cc(Br)c(F)c(S(=O)(=O)N2CCCCC2CO)c1. The summed E-state index contributed by atoms with van der Waals surface area (Å²) >= 11 is 2.96. The first kappa shape index (κ1) is 15.7. The summed E-state index contributed by atoms with van der Waals surface area (Å²) < 4.78 is 40.4. The minimum atomic E-state index is -4.01. The Kier molecular flexibility index (Phi) is 4.68. The molecule has 0 amide bonds. The predicted octanol–water partition coefficient (Wildman–Crippen LogP) is 1.71. The van der Waals surface area contributed by atoms with Crippen molar-refractivity contribution in [2.45, 2.75) is 30.2 Å². The van der Waals surface area contributed by atoms with Crippen LogP contribution >= 0.6 is 15.9 Å². The van der Waals surface area contributed by atoms with Gasteiger partial charge < -0.3 is 10.8 Å². The Balaban J connectivity index is 2.49. The number of hydrogen-bond acceptors (Lipinski definition) is 4. The molecular weight excluding hydrogens is 351 g/mol. The minimum Gasteiger partial charge on any atom is -0.399 e. The van der Waals surface area contributed by atoms with Gasteiger partial charge in [-0.2, -0.15) is 4.31 Å². The highest BCUT2D eigenvalue weighted by molar-refractivity contribution is 9.10. The van der Waals surface area contributed by atoms with Crippen LogP contribution in [-0.4, -0.2) is 37.0 Å². The van der Waals surface area contributed by atoms with E-state index >= 15 is 0 Å². The van der Waals surface area contributed by atoms with Crippen LogP contribution in [0.3, 0.4) is 0 Å². The normalized spacial score (nSPS) is 21.1. The number of halogens is 2. The fourth-order valence-electron chi connectivity index (χ4n) is 2.37. The van der Waals surface area contributed by atoms with Gasteiger partial charge in [-0.3, -0.25) is 0 Å². The van der Waals surface area contributed by atoms with E-state index in [0.717, 1.165) is 12.5 Å². The molecule has 1 aliphatic rings. The molecule has 1 aromatic rings. The van der Waals surface area contributed by atoms with Crippen molar-refractivity contribution in [1.29, 1.82) is 0 Å². The standard InChI is InChI=1S/C12H16BrFN2O3S/c13-10-5-8(15)6-11(12(10)14)20(18,19)16-4-2-1-3-9(16)7-17/h5-6,9,17H,1-4,7,15H2. The van der Waals surface area contributed by atoms with Gasteiger partial charge in [-0.15, -0.1) is 0 Å². The van der Waals surface area contributed by atoms with Crippen molar-refractivity contribution < 1.29 is 17.9 Å². The highest BCUT2D eigenvalue weighted by Gasteiger charge is 2.35. The van der Waals surface area contributed by atoms with Gasteiger partial charge in [0, 0.05) is 18.3 Å². The Labute approximate surface area is 125 Å². The largest absolute Gasteiger partial charge is 0.399 e. The minimum absolute atomic E-state index is 0.00799. The third-order valence-corrected chi connectivity index (χ3v) is 5.92. The van der Waals surface area contributed by atoms with Crippen molar-refractivity contribution in [3.8, 4) is 0 Å². The molecule has 5 nitrogen and oxygen atoms in total. The first-order chi connectivity index (χ1) is 9.37. The lowest BCUT2D eigenvalue weighted by molar-refractivity contribution is 0.155. The summed E-state index contributed by atoms with van der Waals surface area (Å²) in [5.41, 5.74) is 5.75. The van der Waals surface area contributed by atoms with Gasteiger partial charge in [0.15, 0.2) is 5.82 Å². The van der Waals surface area contributed by atoms with E-state index in [9.17, 15) is 17.9 Å². The van der Waals surface area contributed by atoms with Crippen molar-refractivity contribution in [2.24, 2.45) is 0 Å². The predicted molar refractivity (Wildman–Crippen MR) is 77.1 cm³/mol. The fraction of sp³-hybridized carbons (Fsp3) is 0.500. The highest BCUT2D eigenvalue weighted by atomic mass is 79.9. The van der Waals surface area contributed by atoms with E-state index in [4.69, 9.17) is 5.73 Å². The summed E-state index contributed by atoms with van der Waals surface area (Å²) in [6, 6.07) is 1.92. The van der Waals surface area contributed by atoms with Gasteiger partial charge in [-0.1, -0.05) is 6.42 Å². The van der Waals surface area contributed by atoms with Gasteiger partial charge in [-0.25, -0.2) is 12.8 Å². The number of nitrogen functional groups attached to an aromatic ring is 1. The maximum absolute atomic E-state index is 14.1. The number of sulfonamides is 1. The lowest BCUT2D eigenvalue weighted by Gasteiger charge is -2.33. The molecule has 0 radical (unpaired) electrons. The summed E-state index contributed by atoms with van der Waals surface area (Å²) in [6.45, 7) is 0.00372. The molecule has 0 spiro atoms. The van der Waals surface area contributed by atoms with Gasteiger partial charge in [0.1, 0.15) is 4.90 Å². The Hall–Kier alpha value is -0.700. The third kappa shape index (κ3) is 2.83. The van der Waals surface area contributed by atoms with Gasteiger partial charge in [-0.05, 0) is 40.9 Å². The summed E-state index contributed by atoms with van der Waals surface area (Å²) in [5.74, 6) is -0.860. The number of piperidine rings is 1. The van der Waals surface area contributed by atoms with Crippen LogP contribution in [0.2, 0.25) is 0 Å². The molecule has 1 aliphatic heterocycles. The molecule has 1 atom stereocenters. The fourth-order valence-corrected chi connectivity index (χ4v) is 4.79. The molecule has 1 saturated heterocycles. The van der Waals surface area contributed by atoms with E-state index in [1.165, 1.54) is 10.4 Å². The van der Waals surface area contributed by atoms with Crippen LogP contribution in [0.5, 0.6) is 0 Å². The molecule has 0 aromatic heterocycles. The number of nitrogens with zero attached hydrogens (tertiary/aromatic N) is 1. The second kappa shape index (κ2) is 5.97. The molecule has 1 aromatic carbocycles. The Morgan fingerprint density at radius 2 is 2.15 bits per heavy atom. The van der Waals surface area contributed by atoms with Crippen LogP contribution in [-0.2, 0) is 10.0 Å². The summed E-state index contributed by atoms with van der Waals surface area (Å²) in [4.78, 5) is -0.454. The maximum atomic E-state index is 14.1. The molecule has 1 fully saturated rings. The molecule has 0 aliphatic carbocycles. The third-order valence-electron chi connectivity index (χ3n) is 3.39. The van der Waals surface area contributed by atoms with Crippen molar-refractivity contribution in [1.82, 2.24) is 4.31 Å². The lowest BCUT2D eigenvalue weighted by atomic mass is 10.1. The number of aliphatic hydroxyl groups is 1. The molecule has 0 saturated carbocycles. The molecular formula is C12H16BrFN2O3S. The van der Waals surface area contributed by atoms with Crippen LogP contribution in [0, 0.1) is 5.82 Å². The maximum Gasteiger partial charge on any atom is 0.246 e. The molecule has 8 heteroatoms. The summed E-state index contributed by atoms with van der Waals surface area (Å²) in [7, 11) is -4.01. The van der Waals surface area contributed by atoms with E-state index in [2.05, 4.69) is 15.9 Å². The Morgan fingerprint density at radius 3 is 2.80 bits per heavy atom. The molecule has 1 unspecified atom stereocenters. The van der Waals surface area contributed by atoms with Crippen molar-refractivity contribution in [3.05, 3.63) is 22.4 Å². The van der Waals surface area contributed by atoms with Gasteiger partial charge >= 0.3 is 0 Å². The summed E-state index contributed by atoms with van der Waals surface area (Å²) in [5, 5.41) is 9.32. The molecule has 3 N–H and O–H groups in total. The number of aliphatic hydroxyl groups excluding tert-OH is 1. The number of anilines is 1. The smallest absolute Gasteiger partial charge is 0.246 e. The highest BCUT2D eigenvalue weighted by Crippen LogP contribution is 2.31. The number of benzene rings is 1. The van der Waals surface area contributed by atoms with Crippen LogP contribution in [0.4, 0.5) is 10.1 Å². The topological polar surface area (TPSA) is 83.6 Å². The van der Waals surface area contributed by atoms with Gasteiger partial charge in [0.2, 0.25) is 10.0 Å². The van der Waals surface area contributed by atoms with Crippen molar-refractivity contribution in [3.63, 3.8) is 0 Å². The molecule has 0 bridgehead atoms. The van der Waals surface area contributed by atoms with Crippen molar-refractivity contribution in [2.75, 3.05) is 18.9 Å². The molecule has 20 heavy (non-hydrogen) atoms. The molecule has 2 rings (SSSR count). The van der Waals surface area contributed by atoms with E-state index in [1.807, 2.05) is 0 Å². The first-order valence-corrected chi connectivity index (χ1v) is 8.48. The quantitative estimate of drug-likeness (QED) is 0.797. The van der Waals surface area contributed by atoms with Gasteiger partial charge in [0.25, 0.3) is 0 Å². The first-order valence-electron chi connectivity index (χ1n) is 6.25. The van der Waals surface area contributed by atoms with Crippen LogP contribution in [0.1, 0.15) is 19.3 Å². The van der Waals surface area contributed by atoms with Crippen LogP contribution < -0.4 is 5.73 Å². The van der Waals surface area contributed by atoms with Crippen LogP contribution in [0.15, 0.2) is 21.5 Å². The van der Waals surface area contributed by atoms with Crippen LogP contribution in [0.25, 0.3) is 0 Å². The average Bonchev–Trinajstić information content (AvgIpc) is 2.42. The second-order valence-corrected chi connectivity index (χ2v) is 7.48. The zero-order valence-corrected chi connectivity index (χ0v) is 13.1. The lowest BCUT2D eigenvalue weighted by Crippen LogP contribution is -2.45. The second-order valence-electron chi connectivity index (χ2n) is 4.76. The Morgan fingerprint density at radius 1 is 1.45 bits per heavy atom. The Bertz CT molecular complexity index is 609.